The van der Waals surface area contributed by atoms with Crippen molar-refractivity contribution >= 4 is 21.4 Å². The monoisotopic (exact) mass is 348 g/mol. The van der Waals surface area contributed by atoms with Crippen LogP contribution < -0.4 is 9.62 Å². The van der Waals surface area contributed by atoms with E-state index >= 15 is 0 Å². The molecule has 1 aliphatic carbocycles. The Hall–Kier alpha value is -2.08. The molecule has 1 N–H and O–H groups in total. The predicted molar refractivity (Wildman–Crippen MR) is 94.6 cm³/mol. The Labute approximate surface area is 142 Å². The third kappa shape index (κ3) is 3.38. The van der Waals surface area contributed by atoms with Gasteiger partial charge in [-0.3, -0.25) is 4.72 Å². The quantitative estimate of drug-likeness (QED) is 0.919. The number of rotatable bonds is 4. The van der Waals surface area contributed by atoms with E-state index in [1.165, 1.54) is 17.7 Å². The second-order valence-electron chi connectivity index (χ2n) is 6.30. The van der Waals surface area contributed by atoms with Gasteiger partial charge in [-0.1, -0.05) is 6.07 Å². The summed E-state index contributed by atoms with van der Waals surface area (Å²) in [5.41, 5.74) is 3.16. The van der Waals surface area contributed by atoms with E-state index in [9.17, 15) is 12.8 Å². The molecule has 3 rings (SSSR count). The molecule has 0 radical (unpaired) electrons. The fourth-order valence-corrected chi connectivity index (χ4v) is 4.18. The fourth-order valence-electron chi connectivity index (χ4n) is 3.06. The summed E-state index contributed by atoms with van der Waals surface area (Å²) in [5, 5.41) is 0. The molecule has 2 aromatic carbocycles. The number of aryl methyl sites for hydroxylation is 2. The molecule has 2 aromatic rings. The number of nitrogens with zero attached hydrogens (tertiary/aromatic N) is 1. The minimum absolute atomic E-state index is 0.220. The number of anilines is 2. The van der Waals surface area contributed by atoms with E-state index in [0.717, 1.165) is 31.2 Å². The average Bonchev–Trinajstić information content (AvgIpc) is 2.53. The third-order valence-corrected chi connectivity index (χ3v) is 5.68. The van der Waals surface area contributed by atoms with Gasteiger partial charge in [0.2, 0.25) is 0 Å². The van der Waals surface area contributed by atoms with Crippen molar-refractivity contribution in [3.05, 3.63) is 53.3 Å². The van der Waals surface area contributed by atoms with E-state index in [0.29, 0.717) is 5.69 Å². The summed E-state index contributed by atoms with van der Waals surface area (Å²) in [6.07, 6.45) is 4.13. The van der Waals surface area contributed by atoms with Gasteiger partial charge in [-0.25, -0.2) is 12.8 Å². The second-order valence-corrected chi connectivity index (χ2v) is 7.98. The number of halogens is 1. The predicted octanol–water partition coefficient (Wildman–Crippen LogP) is 3.57. The summed E-state index contributed by atoms with van der Waals surface area (Å²) in [4.78, 5) is 1.96. The van der Waals surface area contributed by atoms with Crippen molar-refractivity contribution in [1.82, 2.24) is 0 Å². The highest BCUT2D eigenvalue weighted by Crippen LogP contribution is 2.29. The fraction of sp³-hybridized carbons (Fsp3) is 0.333. The molecule has 0 bridgehead atoms. The van der Waals surface area contributed by atoms with Crippen LogP contribution >= 0.6 is 0 Å². The van der Waals surface area contributed by atoms with Crippen LogP contribution in [0.3, 0.4) is 0 Å². The maximum Gasteiger partial charge on any atom is 0.261 e. The van der Waals surface area contributed by atoms with E-state index in [2.05, 4.69) is 4.72 Å². The van der Waals surface area contributed by atoms with Crippen LogP contribution in [0.4, 0.5) is 15.8 Å². The lowest BCUT2D eigenvalue weighted by Crippen LogP contribution is -2.18. The van der Waals surface area contributed by atoms with Crippen LogP contribution in [0.15, 0.2) is 41.3 Å². The Bertz CT molecular complexity index is 863. The van der Waals surface area contributed by atoms with Gasteiger partial charge in [-0.15, -0.1) is 0 Å². The van der Waals surface area contributed by atoms with Gasteiger partial charge >= 0.3 is 0 Å². The zero-order chi connectivity index (χ0) is 17.3. The highest BCUT2D eigenvalue weighted by atomic mass is 32.2. The molecule has 0 heterocycles. The third-order valence-electron chi connectivity index (χ3n) is 4.31. The number of benzene rings is 2. The Morgan fingerprint density at radius 3 is 2.42 bits per heavy atom. The maximum absolute atomic E-state index is 13.6. The number of nitrogens with one attached hydrogen (secondary N) is 1. The lowest BCUT2D eigenvalue weighted by atomic mass is 9.92. The molecule has 24 heavy (non-hydrogen) atoms. The van der Waals surface area contributed by atoms with E-state index < -0.39 is 15.8 Å². The molecule has 1 aliphatic rings. The van der Waals surface area contributed by atoms with Gasteiger partial charge in [0, 0.05) is 20.2 Å². The molecule has 0 saturated carbocycles. The van der Waals surface area contributed by atoms with E-state index in [1.807, 2.05) is 6.07 Å². The maximum atomic E-state index is 13.6. The smallest absolute Gasteiger partial charge is 0.261 e. The van der Waals surface area contributed by atoms with E-state index in [4.69, 9.17) is 0 Å². The van der Waals surface area contributed by atoms with E-state index in [-0.39, 0.29) is 10.6 Å². The number of hydrogen-bond donors (Lipinski definition) is 1. The first-order chi connectivity index (χ1) is 11.4. The molecule has 0 aliphatic heterocycles. The molecule has 4 nitrogen and oxygen atoms in total. The van der Waals surface area contributed by atoms with Gasteiger partial charge in [-0.2, -0.15) is 0 Å². The Morgan fingerprint density at radius 2 is 1.71 bits per heavy atom. The zero-order valence-electron chi connectivity index (χ0n) is 13.8. The summed E-state index contributed by atoms with van der Waals surface area (Å²) >= 11 is 0. The molecular formula is C18H21FN2O2S. The first kappa shape index (κ1) is 16.8. The van der Waals surface area contributed by atoms with Crippen molar-refractivity contribution in [3.63, 3.8) is 0 Å². The van der Waals surface area contributed by atoms with Crippen LogP contribution in [0.25, 0.3) is 0 Å². The number of hydrogen-bond acceptors (Lipinski definition) is 3. The van der Waals surface area contributed by atoms with Crippen molar-refractivity contribution < 1.29 is 12.8 Å². The summed E-state index contributed by atoms with van der Waals surface area (Å²) < 4.78 is 41.5. The molecule has 6 heteroatoms. The van der Waals surface area contributed by atoms with Crippen LogP contribution in [-0.2, 0) is 22.9 Å². The Morgan fingerprint density at radius 1 is 1.00 bits per heavy atom. The van der Waals surface area contributed by atoms with Crippen molar-refractivity contribution in [2.24, 2.45) is 0 Å². The largest absolute Gasteiger partial charge is 0.376 e. The SMILES string of the molecule is CN(C)c1ccc(F)cc1NS(=O)(=O)c1ccc2c(c1)CCCC2. The summed E-state index contributed by atoms with van der Waals surface area (Å²) in [7, 11) is -0.200. The van der Waals surface area contributed by atoms with Crippen LogP contribution in [0.1, 0.15) is 24.0 Å². The lowest BCUT2D eigenvalue weighted by Gasteiger charge is -2.20. The van der Waals surface area contributed by atoms with Crippen molar-refractivity contribution in [2.75, 3.05) is 23.7 Å². The average molecular weight is 348 g/mol. The van der Waals surface area contributed by atoms with Gasteiger partial charge in [0.1, 0.15) is 5.82 Å². The molecule has 128 valence electrons. The van der Waals surface area contributed by atoms with Gasteiger partial charge in [-0.05, 0) is 61.1 Å². The lowest BCUT2D eigenvalue weighted by molar-refractivity contribution is 0.600. The van der Waals surface area contributed by atoms with Gasteiger partial charge < -0.3 is 4.90 Å². The Balaban J connectivity index is 1.96. The standard InChI is InChI=1S/C18H21FN2O2S/c1-21(2)18-10-8-15(19)12-17(18)20-24(22,23)16-9-7-13-5-3-4-6-14(13)11-16/h7-12,20H,3-6H2,1-2H3. The topological polar surface area (TPSA) is 49.4 Å². The minimum atomic E-state index is -3.76. The Kier molecular flexibility index (Phi) is 4.49. The first-order valence-electron chi connectivity index (χ1n) is 7.98. The van der Waals surface area contributed by atoms with Crippen molar-refractivity contribution in [3.8, 4) is 0 Å². The van der Waals surface area contributed by atoms with Crippen LogP contribution in [-0.4, -0.2) is 22.5 Å². The molecule has 0 spiro atoms. The molecule has 0 atom stereocenters. The van der Waals surface area contributed by atoms with Crippen LogP contribution in [0.5, 0.6) is 0 Å². The van der Waals surface area contributed by atoms with Crippen molar-refractivity contribution in [1.29, 1.82) is 0 Å². The second kappa shape index (κ2) is 6.43. The zero-order valence-corrected chi connectivity index (χ0v) is 14.7. The number of sulfonamides is 1. The normalized spacial score (nSPS) is 14.1. The first-order valence-corrected chi connectivity index (χ1v) is 9.46. The molecule has 0 aromatic heterocycles. The highest BCUT2D eigenvalue weighted by Gasteiger charge is 2.20. The number of fused-ring (bicyclic) bond motifs is 1. The minimum Gasteiger partial charge on any atom is -0.376 e. The highest BCUT2D eigenvalue weighted by molar-refractivity contribution is 7.92. The van der Waals surface area contributed by atoms with Gasteiger partial charge in [0.25, 0.3) is 10.0 Å². The van der Waals surface area contributed by atoms with Gasteiger partial charge in [0.15, 0.2) is 0 Å². The molecule has 0 fully saturated rings. The molecule has 0 unspecified atom stereocenters. The van der Waals surface area contributed by atoms with Gasteiger partial charge in [0.05, 0.1) is 16.3 Å². The summed E-state index contributed by atoms with van der Waals surface area (Å²) in [6.45, 7) is 0. The van der Waals surface area contributed by atoms with Crippen LogP contribution in [0, 0.1) is 5.82 Å². The molecular weight excluding hydrogens is 327 g/mol. The summed E-state index contributed by atoms with van der Waals surface area (Å²) in [5.74, 6) is -0.483. The summed E-state index contributed by atoms with van der Waals surface area (Å²) in [6, 6.07) is 9.32. The van der Waals surface area contributed by atoms with Crippen LogP contribution in [0.2, 0.25) is 0 Å². The van der Waals surface area contributed by atoms with E-state index in [1.54, 1.807) is 37.2 Å². The molecule has 0 saturated heterocycles. The van der Waals surface area contributed by atoms with Crippen molar-refractivity contribution in [2.45, 2.75) is 30.6 Å². The molecule has 0 amide bonds.